The highest BCUT2D eigenvalue weighted by Gasteiger charge is 2.19. The molecule has 0 radical (unpaired) electrons. The van der Waals surface area contributed by atoms with E-state index in [1.807, 2.05) is 25.1 Å². The van der Waals surface area contributed by atoms with E-state index in [-0.39, 0.29) is 37.4 Å². The lowest BCUT2D eigenvalue weighted by Gasteiger charge is -2.21. The Hall–Kier alpha value is -3.09. The second-order valence-corrected chi connectivity index (χ2v) is 7.33. The quantitative estimate of drug-likeness (QED) is 0.520. The number of nitrogens with zero attached hydrogens (tertiary/aromatic N) is 1. The van der Waals surface area contributed by atoms with Crippen LogP contribution in [0.15, 0.2) is 47.1 Å². The smallest absolute Gasteiger partial charge is 0.243 e. The number of hydrogen-bond acceptors (Lipinski definition) is 4. The maximum absolute atomic E-state index is 12.6. The summed E-state index contributed by atoms with van der Waals surface area (Å²) in [5.41, 5.74) is 1.71. The van der Waals surface area contributed by atoms with Crippen molar-refractivity contribution >= 4 is 23.4 Å². The van der Waals surface area contributed by atoms with Gasteiger partial charge in [0.1, 0.15) is 12.3 Å². The summed E-state index contributed by atoms with van der Waals surface area (Å²) in [5.74, 6) is -0.191. The van der Waals surface area contributed by atoms with Crippen molar-refractivity contribution in [1.29, 1.82) is 0 Å². The maximum Gasteiger partial charge on any atom is 0.243 e. The number of nitrogens with one attached hydrogen (secondary N) is 2. The van der Waals surface area contributed by atoms with E-state index in [4.69, 9.17) is 4.42 Å². The molecule has 2 rings (SSSR count). The Kier molecular flexibility index (Phi) is 9.64. The molecule has 2 N–H and O–H groups in total. The van der Waals surface area contributed by atoms with E-state index in [1.165, 1.54) is 11.2 Å². The number of carbonyl (C=O) groups is 3. The number of unbranched alkanes of at least 4 members (excludes halogenated alkanes) is 3. The summed E-state index contributed by atoms with van der Waals surface area (Å²) in [6.07, 6.45) is 5.89. The molecule has 0 aliphatic carbocycles. The Balaban J connectivity index is 1.84. The van der Waals surface area contributed by atoms with Crippen molar-refractivity contribution in [2.45, 2.75) is 52.5 Å². The number of furan rings is 1. The first kappa shape index (κ1) is 23.2. The van der Waals surface area contributed by atoms with Gasteiger partial charge >= 0.3 is 0 Å². The van der Waals surface area contributed by atoms with E-state index in [0.717, 1.165) is 31.2 Å². The lowest BCUT2D eigenvalue weighted by Crippen LogP contribution is -2.42. The molecular formula is C23H31N3O4. The minimum atomic E-state index is -0.386. The first-order chi connectivity index (χ1) is 14.5. The number of benzene rings is 1. The van der Waals surface area contributed by atoms with Gasteiger partial charge in [0, 0.05) is 12.1 Å². The van der Waals surface area contributed by atoms with Crippen LogP contribution in [0.3, 0.4) is 0 Å². The van der Waals surface area contributed by atoms with Crippen LogP contribution in [0.5, 0.6) is 0 Å². The van der Waals surface area contributed by atoms with Crippen molar-refractivity contribution in [1.82, 2.24) is 10.2 Å². The number of amides is 3. The molecule has 162 valence electrons. The van der Waals surface area contributed by atoms with Gasteiger partial charge in [0.15, 0.2) is 0 Å². The van der Waals surface area contributed by atoms with Gasteiger partial charge in [-0.2, -0.15) is 0 Å². The fourth-order valence-corrected chi connectivity index (χ4v) is 3.02. The summed E-state index contributed by atoms with van der Waals surface area (Å²) in [7, 11) is 0. The van der Waals surface area contributed by atoms with E-state index in [9.17, 15) is 14.4 Å². The zero-order valence-corrected chi connectivity index (χ0v) is 17.8. The van der Waals surface area contributed by atoms with E-state index < -0.39 is 0 Å². The predicted molar refractivity (Wildman–Crippen MR) is 116 cm³/mol. The highest BCUT2D eigenvalue weighted by Crippen LogP contribution is 2.11. The Morgan fingerprint density at radius 3 is 2.57 bits per heavy atom. The van der Waals surface area contributed by atoms with Crippen LogP contribution in [0.2, 0.25) is 0 Å². The molecule has 1 heterocycles. The third kappa shape index (κ3) is 8.51. The van der Waals surface area contributed by atoms with Crippen LogP contribution in [0.1, 0.15) is 50.4 Å². The third-order valence-corrected chi connectivity index (χ3v) is 4.61. The molecule has 7 heteroatoms. The maximum atomic E-state index is 12.6. The molecule has 30 heavy (non-hydrogen) atoms. The molecule has 0 unspecified atom stereocenters. The van der Waals surface area contributed by atoms with Crippen LogP contribution < -0.4 is 10.6 Å². The van der Waals surface area contributed by atoms with Crippen LogP contribution in [0.4, 0.5) is 5.69 Å². The molecular weight excluding hydrogens is 382 g/mol. The highest BCUT2D eigenvalue weighted by molar-refractivity contribution is 5.95. The van der Waals surface area contributed by atoms with E-state index in [2.05, 4.69) is 17.6 Å². The van der Waals surface area contributed by atoms with Crippen molar-refractivity contribution < 1.29 is 18.8 Å². The molecule has 7 nitrogen and oxygen atoms in total. The topological polar surface area (TPSA) is 91.7 Å². The van der Waals surface area contributed by atoms with E-state index in [1.54, 1.807) is 18.2 Å². The third-order valence-electron chi connectivity index (χ3n) is 4.61. The van der Waals surface area contributed by atoms with Crippen molar-refractivity contribution in [3.05, 3.63) is 54.0 Å². The van der Waals surface area contributed by atoms with Gasteiger partial charge < -0.3 is 20.0 Å². The predicted octanol–water partition coefficient (Wildman–Crippen LogP) is 3.64. The Morgan fingerprint density at radius 2 is 1.87 bits per heavy atom. The average molecular weight is 414 g/mol. The largest absolute Gasteiger partial charge is 0.467 e. The average Bonchev–Trinajstić information content (AvgIpc) is 3.22. The van der Waals surface area contributed by atoms with Crippen molar-refractivity contribution in [3.63, 3.8) is 0 Å². The minimum absolute atomic E-state index is 0.0955. The van der Waals surface area contributed by atoms with Crippen molar-refractivity contribution in [2.75, 3.05) is 18.4 Å². The van der Waals surface area contributed by atoms with Gasteiger partial charge in [-0.3, -0.25) is 14.4 Å². The van der Waals surface area contributed by atoms with Gasteiger partial charge in [-0.1, -0.05) is 38.3 Å². The molecule has 0 atom stereocenters. The molecule has 0 spiro atoms. The molecule has 0 saturated carbocycles. The SMILES string of the molecule is CCCCCCC(=O)N(CC(=O)NCC(=O)Nc1cccc(C)c1)Cc1ccco1. The molecule has 1 aromatic heterocycles. The van der Waals surface area contributed by atoms with Crippen LogP contribution >= 0.6 is 0 Å². The zero-order valence-electron chi connectivity index (χ0n) is 17.8. The molecule has 0 aliphatic rings. The first-order valence-electron chi connectivity index (χ1n) is 10.4. The monoisotopic (exact) mass is 413 g/mol. The van der Waals surface area contributed by atoms with Gasteiger partial charge in [0.2, 0.25) is 17.7 Å². The summed E-state index contributed by atoms with van der Waals surface area (Å²) in [6, 6.07) is 10.9. The Labute approximate surface area is 177 Å². The van der Waals surface area contributed by atoms with Gasteiger partial charge in [-0.05, 0) is 43.2 Å². The summed E-state index contributed by atoms with van der Waals surface area (Å²) in [4.78, 5) is 38.5. The number of rotatable bonds is 12. The molecule has 2 aromatic rings. The Bertz CT molecular complexity index is 818. The number of aryl methyl sites for hydroxylation is 1. The van der Waals surface area contributed by atoms with Gasteiger partial charge in [-0.15, -0.1) is 0 Å². The van der Waals surface area contributed by atoms with Crippen molar-refractivity contribution in [2.24, 2.45) is 0 Å². The second kappa shape index (κ2) is 12.5. The van der Waals surface area contributed by atoms with Gasteiger partial charge in [-0.25, -0.2) is 0 Å². The minimum Gasteiger partial charge on any atom is -0.467 e. The van der Waals surface area contributed by atoms with Crippen LogP contribution in [-0.2, 0) is 20.9 Å². The summed E-state index contributed by atoms with van der Waals surface area (Å²) < 4.78 is 5.32. The lowest BCUT2D eigenvalue weighted by molar-refractivity contribution is -0.137. The van der Waals surface area contributed by atoms with Crippen molar-refractivity contribution in [3.8, 4) is 0 Å². The molecule has 0 saturated heterocycles. The highest BCUT2D eigenvalue weighted by atomic mass is 16.3. The van der Waals surface area contributed by atoms with Gasteiger partial charge in [0.25, 0.3) is 0 Å². The standard InChI is InChI=1S/C23H31N3O4/c1-3-4-5-6-12-23(29)26(16-20-11-8-13-30-20)17-22(28)24-15-21(27)25-19-10-7-9-18(2)14-19/h7-11,13-14H,3-6,12,15-17H2,1-2H3,(H,24,28)(H,25,27). The summed E-state index contributed by atoms with van der Waals surface area (Å²) >= 11 is 0. The molecule has 1 aromatic carbocycles. The van der Waals surface area contributed by atoms with Crippen LogP contribution in [-0.4, -0.2) is 35.7 Å². The number of hydrogen-bond donors (Lipinski definition) is 2. The Morgan fingerprint density at radius 1 is 1.03 bits per heavy atom. The normalized spacial score (nSPS) is 10.5. The van der Waals surface area contributed by atoms with Crippen LogP contribution in [0, 0.1) is 6.92 Å². The van der Waals surface area contributed by atoms with Gasteiger partial charge in [0.05, 0.1) is 19.4 Å². The fourth-order valence-electron chi connectivity index (χ4n) is 3.02. The first-order valence-corrected chi connectivity index (χ1v) is 10.4. The van der Waals surface area contributed by atoms with E-state index in [0.29, 0.717) is 17.9 Å². The number of carbonyl (C=O) groups excluding carboxylic acids is 3. The number of anilines is 1. The summed E-state index contributed by atoms with van der Waals surface area (Å²) in [5, 5.41) is 5.32. The zero-order chi connectivity index (χ0) is 21.8. The molecule has 0 bridgehead atoms. The second-order valence-electron chi connectivity index (χ2n) is 7.33. The van der Waals surface area contributed by atoms with Crippen LogP contribution in [0.25, 0.3) is 0 Å². The lowest BCUT2D eigenvalue weighted by atomic mass is 10.1. The molecule has 0 fully saturated rings. The fraction of sp³-hybridized carbons (Fsp3) is 0.435. The molecule has 0 aliphatic heterocycles. The summed E-state index contributed by atoms with van der Waals surface area (Å²) in [6.45, 7) is 3.99. The van der Waals surface area contributed by atoms with E-state index >= 15 is 0 Å². The molecule has 3 amide bonds.